The zero-order valence-electron chi connectivity index (χ0n) is 19.0. The molecule has 4 rings (SSSR count). The van der Waals surface area contributed by atoms with Crippen LogP contribution in [0.25, 0.3) is 10.8 Å². The normalized spacial score (nSPS) is 16.1. The van der Waals surface area contributed by atoms with E-state index in [0.717, 1.165) is 10.8 Å². The lowest BCUT2D eigenvalue weighted by Crippen LogP contribution is -2.43. The second kappa shape index (κ2) is 10.1. The number of benzene rings is 1. The van der Waals surface area contributed by atoms with Crippen LogP contribution in [0.2, 0.25) is 0 Å². The number of amides is 1. The number of rotatable bonds is 7. The number of halogens is 1. The summed E-state index contributed by atoms with van der Waals surface area (Å²) < 4.78 is 30.6. The molecular formula is C24H27FN4O4. The van der Waals surface area contributed by atoms with E-state index in [1.807, 2.05) is 26.8 Å². The average Bonchev–Trinajstić information content (AvgIpc) is 2.81. The van der Waals surface area contributed by atoms with E-state index in [2.05, 4.69) is 15.0 Å². The molecule has 1 aromatic carbocycles. The number of fused-ring (bicyclic) bond motifs is 1. The number of ether oxygens (including phenoxy) is 3. The van der Waals surface area contributed by atoms with Crippen molar-refractivity contribution in [3.05, 3.63) is 53.2 Å². The van der Waals surface area contributed by atoms with E-state index in [9.17, 15) is 9.18 Å². The molecule has 0 aliphatic carbocycles. The topological polar surface area (TPSA) is 86.7 Å². The maximum absolute atomic E-state index is 13.6. The van der Waals surface area contributed by atoms with E-state index in [-0.39, 0.29) is 30.3 Å². The van der Waals surface area contributed by atoms with Crippen LogP contribution in [0.4, 0.5) is 4.39 Å². The van der Waals surface area contributed by atoms with Crippen LogP contribution in [-0.4, -0.2) is 58.7 Å². The van der Waals surface area contributed by atoms with Crippen LogP contribution in [-0.2, 0) is 16.0 Å². The van der Waals surface area contributed by atoms with E-state index in [0.29, 0.717) is 55.7 Å². The zero-order chi connectivity index (χ0) is 23.4. The number of nitrogens with zero attached hydrogens (tertiary/aromatic N) is 4. The third-order valence-electron chi connectivity index (χ3n) is 5.49. The largest absolute Gasteiger partial charge is 0.478 e. The highest BCUT2D eigenvalue weighted by Crippen LogP contribution is 2.27. The fourth-order valence-electron chi connectivity index (χ4n) is 3.82. The summed E-state index contributed by atoms with van der Waals surface area (Å²) in [5, 5.41) is 1.59. The van der Waals surface area contributed by atoms with Gasteiger partial charge in [-0.15, -0.1) is 0 Å². The summed E-state index contributed by atoms with van der Waals surface area (Å²) in [5.74, 6) is -0.0177. The number of pyridine rings is 1. The molecule has 1 amide bonds. The summed E-state index contributed by atoms with van der Waals surface area (Å²) in [6.45, 7) is 7.59. The molecule has 1 aliphatic heterocycles. The van der Waals surface area contributed by atoms with Gasteiger partial charge in [0.25, 0.3) is 0 Å². The van der Waals surface area contributed by atoms with Gasteiger partial charge in [0, 0.05) is 23.7 Å². The molecule has 3 aromatic rings. The molecule has 0 spiro atoms. The first-order valence-corrected chi connectivity index (χ1v) is 11.1. The molecule has 0 N–H and O–H groups in total. The predicted molar refractivity (Wildman–Crippen MR) is 120 cm³/mol. The van der Waals surface area contributed by atoms with Gasteiger partial charge >= 0.3 is 6.01 Å². The molecule has 0 unspecified atom stereocenters. The van der Waals surface area contributed by atoms with Crippen LogP contribution in [0.15, 0.2) is 30.5 Å². The summed E-state index contributed by atoms with van der Waals surface area (Å²) in [6, 6.07) is 6.62. The third kappa shape index (κ3) is 5.19. The smallest absolute Gasteiger partial charge is 0.319 e. The Kier molecular flexibility index (Phi) is 6.98. The third-order valence-corrected chi connectivity index (χ3v) is 5.49. The molecule has 0 bridgehead atoms. The summed E-state index contributed by atoms with van der Waals surface area (Å²) in [5.41, 5.74) is 1.96. The average molecular weight is 455 g/mol. The summed E-state index contributed by atoms with van der Waals surface area (Å²) >= 11 is 0. The van der Waals surface area contributed by atoms with Crippen LogP contribution in [0.5, 0.6) is 11.9 Å². The quantitative estimate of drug-likeness (QED) is 0.541. The minimum absolute atomic E-state index is 0.0769. The van der Waals surface area contributed by atoms with Gasteiger partial charge in [-0.2, -0.15) is 4.98 Å². The number of morpholine rings is 1. The van der Waals surface area contributed by atoms with Crippen molar-refractivity contribution < 1.29 is 23.4 Å². The van der Waals surface area contributed by atoms with E-state index in [4.69, 9.17) is 14.2 Å². The van der Waals surface area contributed by atoms with Gasteiger partial charge in [-0.25, -0.2) is 9.37 Å². The molecular weight excluding hydrogens is 427 g/mol. The fraction of sp³-hybridized carbons (Fsp3) is 0.417. The van der Waals surface area contributed by atoms with Crippen molar-refractivity contribution >= 4 is 16.7 Å². The zero-order valence-corrected chi connectivity index (χ0v) is 19.0. The Morgan fingerprint density at radius 2 is 2.00 bits per heavy atom. The Morgan fingerprint density at radius 1 is 1.18 bits per heavy atom. The number of carbonyl (C=O) groups excluding carboxylic acids is 1. The van der Waals surface area contributed by atoms with E-state index >= 15 is 0 Å². The van der Waals surface area contributed by atoms with Crippen molar-refractivity contribution in [1.82, 2.24) is 19.9 Å². The van der Waals surface area contributed by atoms with Crippen molar-refractivity contribution in [2.45, 2.75) is 33.3 Å². The van der Waals surface area contributed by atoms with Crippen LogP contribution in [0.3, 0.4) is 0 Å². The molecule has 33 heavy (non-hydrogen) atoms. The molecule has 9 heteroatoms. The van der Waals surface area contributed by atoms with E-state index in [1.165, 1.54) is 12.1 Å². The Labute approximate surface area is 191 Å². The highest BCUT2D eigenvalue weighted by Gasteiger charge is 2.28. The van der Waals surface area contributed by atoms with Crippen molar-refractivity contribution in [1.29, 1.82) is 0 Å². The van der Waals surface area contributed by atoms with Crippen molar-refractivity contribution in [3.63, 3.8) is 0 Å². The summed E-state index contributed by atoms with van der Waals surface area (Å²) in [6.07, 6.45) is 1.42. The maximum atomic E-state index is 13.6. The second-order valence-electron chi connectivity index (χ2n) is 7.72. The van der Waals surface area contributed by atoms with Crippen LogP contribution >= 0.6 is 0 Å². The molecule has 0 radical (unpaired) electrons. The van der Waals surface area contributed by atoms with E-state index < -0.39 is 0 Å². The molecule has 8 nitrogen and oxygen atoms in total. The molecule has 1 atom stereocenters. The van der Waals surface area contributed by atoms with Gasteiger partial charge in [0.15, 0.2) is 0 Å². The molecule has 1 aliphatic rings. The van der Waals surface area contributed by atoms with Crippen LogP contribution < -0.4 is 9.47 Å². The number of hydrogen-bond donors (Lipinski definition) is 0. The van der Waals surface area contributed by atoms with Crippen LogP contribution in [0.1, 0.15) is 36.9 Å². The lowest BCUT2D eigenvalue weighted by molar-refractivity contribution is -0.138. The lowest BCUT2D eigenvalue weighted by atomic mass is 10.1. The lowest BCUT2D eigenvalue weighted by Gasteiger charge is -2.33. The minimum Gasteiger partial charge on any atom is -0.478 e. The number of aromatic nitrogens is 3. The number of hydrogen-bond acceptors (Lipinski definition) is 7. The Bertz CT molecular complexity index is 1160. The van der Waals surface area contributed by atoms with Gasteiger partial charge in [-0.1, -0.05) is 0 Å². The molecule has 174 valence electrons. The minimum atomic E-state index is -0.389. The monoisotopic (exact) mass is 454 g/mol. The second-order valence-corrected chi connectivity index (χ2v) is 7.72. The number of carbonyl (C=O) groups is 1. The maximum Gasteiger partial charge on any atom is 0.319 e. The Balaban J connectivity index is 1.51. The molecule has 1 fully saturated rings. The Hall–Kier alpha value is -3.33. The highest BCUT2D eigenvalue weighted by atomic mass is 19.1. The van der Waals surface area contributed by atoms with Gasteiger partial charge in [0.2, 0.25) is 11.8 Å². The van der Waals surface area contributed by atoms with Crippen LogP contribution in [0, 0.1) is 12.7 Å². The fourth-order valence-corrected chi connectivity index (χ4v) is 3.82. The van der Waals surface area contributed by atoms with Gasteiger partial charge in [0.1, 0.15) is 11.9 Å². The predicted octanol–water partition coefficient (Wildman–Crippen LogP) is 3.41. The van der Waals surface area contributed by atoms with Gasteiger partial charge in [-0.05, 0) is 50.4 Å². The summed E-state index contributed by atoms with van der Waals surface area (Å²) in [4.78, 5) is 28.1. The van der Waals surface area contributed by atoms with Crippen molar-refractivity contribution in [2.75, 3.05) is 32.9 Å². The SMILES string of the molecule is CCOc1nc(C)c(CC(=O)N2CCO[C@H](c3cc4cc(F)ccc4cn3)C2)c(OCC)n1. The first-order valence-electron chi connectivity index (χ1n) is 11.1. The van der Waals surface area contributed by atoms with Crippen molar-refractivity contribution in [3.8, 4) is 11.9 Å². The van der Waals surface area contributed by atoms with Gasteiger partial charge in [0.05, 0.1) is 44.2 Å². The first kappa shape index (κ1) is 22.8. The molecule has 2 aromatic heterocycles. The Morgan fingerprint density at radius 3 is 2.79 bits per heavy atom. The number of aryl methyl sites for hydroxylation is 1. The standard InChI is InChI=1S/C24H27FN4O4/c1-4-31-23-19(15(3)27-24(28-23)32-5-2)12-22(30)29-8-9-33-21(14-29)20-11-17-10-18(25)7-6-16(17)13-26-20/h6-7,10-11,13,21H,4-5,8-9,12,14H2,1-3H3/t21-/m0/s1. The molecule has 1 saturated heterocycles. The summed E-state index contributed by atoms with van der Waals surface area (Å²) in [7, 11) is 0. The first-order chi connectivity index (χ1) is 16.0. The molecule has 0 saturated carbocycles. The highest BCUT2D eigenvalue weighted by molar-refractivity contribution is 5.82. The van der Waals surface area contributed by atoms with Gasteiger partial charge in [-0.3, -0.25) is 9.78 Å². The van der Waals surface area contributed by atoms with E-state index in [1.54, 1.807) is 17.2 Å². The van der Waals surface area contributed by atoms with Crippen molar-refractivity contribution in [2.24, 2.45) is 0 Å². The van der Waals surface area contributed by atoms with Gasteiger partial charge < -0.3 is 19.1 Å². The molecule has 3 heterocycles.